The Morgan fingerprint density at radius 3 is 2.78 bits per heavy atom. The molecule has 0 saturated heterocycles. The standard InChI is InChI=1S/C12H14INO4/c1-3-6-18-12-10(13)7-9(4-5-14(15)16)8-11(12)17-2/h4-5,7-8H,3,6H2,1-2H3. The molecule has 1 aromatic carbocycles. The first-order valence-corrected chi connectivity index (χ1v) is 6.48. The van der Waals surface area contributed by atoms with Gasteiger partial charge in [0.15, 0.2) is 11.5 Å². The number of nitrogens with zero attached hydrogens (tertiary/aromatic N) is 1. The van der Waals surface area contributed by atoms with Crippen molar-refractivity contribution in [1.29, 1.82) is 0 Å². The van der Waals surface area contributed by atoms with Gasteiger partial charge in [0.1, 0.15) is 0 Å². The van der Waals surface area contributed by atoms with E-state index >= 15 is 0 Å². The minimum absolute atomic E-state index is 0.499. The van der Waals surface area contributed by atoms with E-state index in [0.717, 1.165) is 16.2 Å². The fraction of sp³-hybridized carbons (Fsp3) is 0.333. The van der Waals surface area contributed by atoms with Crippen LogP contribution >= 0.6 is 22.6 Å². The number of hydrogen-bond acceptors (Lipinski definition) is 4. The molecule has 0 bridgehead atoms. The molecule has 1 rings (SSSR count). The Bertz CT molecular complexity index is 460. The van der Waals surface area contributed by atoms with Crippen molar-refractivity contribution in [3.8, 4) is 11.5 Å². The summed E-state index contributed by atoms with van der Waals surface area (Å²) < 4.78 is 11.7. The molecule has 18 heavy (non-hydrogen) atoms. The summed E-state index contributed by atoms with van der Waals surface area (Å²) in [6, 6.07) is 3.53. The molecular weight excluding hydrogens is 349 g/mol. The molecule has 0 unspecified atom stereocenters. The summed E-state index contributed by atoms with van der Waals surface area (Å²) in [5.74, 6) is 1.26. The van der Waals surface area contributed by atoms with Crippen LogP contribution in [0.15, 0.2) is 18.3 Å². The van der Waals surface area contributed by atoms with Gasteiger partial charge in [0.25, 0.3) is 0 Å². The average molecular weight is 363 g/mol. The van der Waals surface area contributed by atoms with Crippen molar-refractivity contribution in [3.05, 3.63) is 37.6 Å². The van der Waals surface area contributed by atoms with Crippen molar-refractivity contribution in [2.24, 2.45) is 0 Å². The Balaban J connectivity index is 3.06. The topological polar surface area (TPSA) is 61.6 Å². The van der Waals surface area contributed by atoms with Crippen molar-refractivity contribution in [1.82, 2.24) is 0 Å². The zero-order chi connectivity index (χ0) is 13.5. The van der Waals surface area contributed by atoms with Gasteiger partial charge in [-0.2, -0.15) is 0 Å². The number of methoxy groups -OCH3 is 1. The van der Waals surface area contributed by atoms with Crippen LogP contribution in [-0.2, 0) is 0 Å². The Hall–Kier alpha value is -1.31. The van der Waals surface area contributed by atoms with E-state index in [1.165, 1.54) is 6.08 Å². The van der Waals surface area contributed by atoms with Crippen LogP contribution in [0.2, 0.25) is 0 Å². The van der Waals surface area contributed by atoms with Gasteiger partial charge in [-0.15, -0.1) is 0 Å². The summed E-state index contributed by atoms with van der Waals surface area (Å²) in [5, 5.41) is 10.3. The van der Waals surface area contributed by atoms with Crippen LogP contribution in [-0.4, -0.2) is 18.6 Å². The predicted octanol–water partition coefficient (Wildman–Crippen LogP) is 3.34. The molecule has 1 aromatic rings. The highest BCUT2D eigenvalue weighted by Gasteiger charge is 2.10. The van der Waals surface area contributed by atoms with Crippen molar-refractivity contribution in [2.45, 2.75) is 13.3 Å². The molecule has 0 saturated carbocycles. The maximum Gasteiger partial charge on any atom is 0.235 e. The first-order valence-electron chi connectivity index (χ1n) is 5.40. The molecule has 0 aliphatic rings. The lowest BCUT2D eigenvalue weighted by Gasteiger charge is -2.12. The minimum atomic E-state index is -0.499. The summed E-state index contributed by atoms with van der Waals surface area (Å²) in [5.41, 5.74) is 0.705. The van der Waals surface area contributed by atoms with Crippen LogP contribution in [0, 0.1) is 13.7 Å². The molecule has 0 aromatic heterocycles. The van der Waals surface area contributed by atoms with E-state index in [0.29, 0.717) is 23.7 Å². The van der Waals surface area contributed by atoms with Gasteiger partial charge in [-0.25, -0.2) is 0 Å². The van der Waals surface area contributed by atoms with E-state index in [9.17, 15) is 10.1 Å². The highest BCUT2D eigenvalue weighted by molar-refractivity contribution is 14.1. The van der Waals surface area contributed by atoms with Gasteiger partial charge in [0.05, 0.1) is 22.2 Å². The van der Waals surface area contributed by atoms with Crippen LogP contribution in [0.25, 0.3) is 6.08 Å². The van der Waals surface area contributed by atoms with Gasteiger partial charge in [0, 0.05) is 6.08 Å². The van der Waals surface area contributed by atoms with Crippen molar-refractivity contribution < 1.29 is 14.4 Å². The third-order valence-corrected chi connectivity index (χ3v) is 2.89. The summed E-state index contributed by atoms with van der Waals surface area (Å²) in [4.78, 5) is 9.78. The summed E-state index contributed by atoms with van der Waals surface area (Å²) in [7, 11) is 1.55. The van der Waals surface area contributed by atoms with Crippen LogP contribution in [0.3, 0.4) is 0 Å². The zero-order valence-corrected chi connectivity index (χ0v) is 12.3. The lowest BCUT2D eigenvalue weighted by Crippen LogP contribution is -2.00. The summed E-state index contributed by atoms with van der Waals surface area (Å²) >= 11 is 2.12. The van der Waals surface area contributed by atoms with Crippen molar-refractivity contribution >= 4 is 28.7 Å². The van der Waals surface area contributed by atoms with Gasteiger partial charge >= 0.3 is 0 Å². The van der Waals surface area contributed by atoms with E-state index in [1.807, 2.05) is 13.0 Å². The van der Waals surface area contributed by atoms with Crippen molar-refractivity contribution in [3.63, 3.8) is 0 Å². The highest BCUT2D eigenvalue weighted by atomic mass is 127. The Morgan fingerprint density at radius 1 is 1.50 bits per heavy atom. The van der Waals surface area contributed by atoms with Crippen LogP contribution in [0.1, 0.15) is 18.9 Å². The smallest absolute Gasteiger partial charge is 0.235 e. The minimum Gasteiger partial charge on any atom is -0.493 e. The van der Waals surface area contributed by atoms with Crippen LogP contribution < -0.4 is 9.47 Å². The Kier molecular flexibility index (Phi) is 5.90. The van der Waals surface area contributed by atoms with Crippen LogP contribution in [0.5, 0.6) is 11.5 Å². The highest BCUT2D eigenvalue weighted by Crippen LogP contribution is 2.34. The number of rotatable bonds is 6. The average Bonchev–Trinajstić information content (AvgIpc) is 2.34. The quantitative estimate of drug-likeness (QED) is 0.442. The second-order valence-corrected chi connectivity index (χ2v) is 4.65. The van der Waals surface area contributed by atoms with E-state index in [2.05, 4.69) is 22.6 Å². The molecule has 5 nitrogen and oxygen atoms in total. The van der Waals surface area contributed by atoms with E-state index in [-0.39, 0.29) is 0 Å². The molecule has 6 heteroatoms. The fourth-order valence-electron chi connectivity index (χ4n) is 1.33. The monoisotopic (exact) mass is 363 g/mol. The number of ether oxygens (including phenoxy) is 2. The van der Waals surface area contributed by atoms with Gasteiger partial charge in [-0.3, -0.25) is 10.1 Å². The second-order valence-electron chi connectivity index (χ2n) is 3.48. The number of benzene rings is 1. The molecule has 0 heterocycles. The van der Waals surface area contributed by atoms with Gasteiger partial charge in [0.2, 0.25) is 6.20 Å². The summed E-state index contributed by atoms with van der Waals surface area (Å²) in [6.07, 6.45) is 3.23. The predicted molar refractivity (Wildman–Crippen MR) is 77.5 cm³/mol. The second kappa shape index (κ2) is 7.20. The molecule has 0 amide bonds. The Morgan fingerprint density at radius 2 is 2.22 bits per heavy atom. The zero-order valence-electron chi connectivity index (χ0n) is 10.2. The molecule has 0 spiro atoms. The molecule has 0 aliphatic carbocycles. The van der Waals surface area contributed by atoms with E-state index in [4.69, 9.17) is 9.47 Å². The molecule has 0 N–H and O–H groups in total. The first kappa shape index (κ1) is 14.7. The molecular formula is C12H14INO4. The largest absolute Gasteiger partial charge is 0.493 e. The molecule has 0 fully saturated rings. The van der Waals surface area contributed by atoms with Gasteiger partial charge < -0.3 is 9.47 Å². The molecule has 0 atom stereocenters. The van der Waals surface area contributed by atoms with E-state index < -0.39 is 4.92 Å². The number of nitro groups is 1. The lowest BCUT2D eigenvalue weighted by molar-refractivity contribution is -0.400. The number of hydrogen-bond donors (Lipinski definition) is 0. The molecule has 0 aliphatic heterocycles. The van der Waals surface area contributed by atoms with Gasteiger partial charge in [-0.05, 0) is 46.7 Å². The first-order chi connectivity index (χ1) is 8.58. The normalized spacial score (nSPS) is 10.6. The Labute approximate surface area is 119 Å². The SMILES string of the molecule is CCCOc1c(I)cc(C=C[N+](=O)[O-])cc1OC. The molecule has 0 radical (unpaired) electrons. The van der Waals surface area contributed by atoms with Crippen molar-refractivity contribution in [2.75, 3.05) is 13.7 Å². The maximum absolute atomic E-state index is 10.3. The lowest BCUT2D eigenvalue weighted by atomic mass is 10.2. The third kappa shape index (κ3) is 4.17. The molecule has 98 valence electrons. The third-order valence-electron chi connectivity index (χ3n) is 2.09. The maximum atomic E-state index is 10.3. The van der Waals surface area contributed by atoms with Gasteiger partial charge in [-0.1, -0.05) is 6.92 Å². The number of halogens is 1. The fourth-order valence-corrected chi connectivity index (χ4v) is 2.11. The van der Waals surface area contributed by atoms with Crippen LogP contribution in [0.4, 0.5) is 0 Å². The summed E-state index contributed by atoms with van der Waals surface area (Å²) in [6.45, 7) is 2.63. The van der Waals surface area contributed by atoms with E-state index in [1.54, 1.807) is 13.2 Å².